The summed E-state index contributed by atoms with van der Waals surface area (Å²) in [6.45, 7) is 5.38. The lowest BCUT2D eigenvalue weighted by atomic mass is 10.1. The summed E-state index contributed by atoms with van der Waals surface area (Å²) in [5, 5.41) is 0. The van der Waals surface area contributed by atoms with Crippen LogP contribution in [0.15, 0.2) is 30.3 Å². The lowest BCUT2D eigenvalue weighted by Gasteiger charge is -2.18. The maximum Gasteiger partial charge on any atom is 0.330 e. The number of hydrogen-bond donors (Lipinski definition) is 0. The van der Waals surface area contributed by atoms with Gasteiger partial charge in [0.05, 0.1) is 19.4 Å². The molecule has 0 saturated heterocycles. The van der Waals surface area contributed by atoms with Crippen LogP contribution in [0.3, 0.4) is 0 Å². The summed E-state index contributed by atoms with van der Waals surface area (Å²) < 4.78 is 24.5. The molecule has 0 spiro atoms. The van der Waals surface area contributed by atoms with Gasteiger partial charge in [0.1, 0.15) is 0 Å². The zero-order valence-electron chi connectivity index (χ0n) is 17.7. The van der Waals surface area contributed by atoms with Gasteiger partial charge in [-0.25, -0.2) is 0 Å². The molecule has 0 aliphatic rings. The normalized spacial score (nSPS) is 13.6. The molecule has 1 aromatic carbocycles. The summed E-state index contributed by atoms with van der Waals surface area (Å²) in [5.41, 5.74) is 1.21. The van der Waals surface area contributed by atoms with Crippen molar-refractivity contribution >= 4 is 7.60 Å². The van der Waals surface area contributed by atoms with Crippen LogP contribution >= 0.6 is 7.60 Å². The Bertz CT molecular complexity index is 490. The van der Waals surface area contributed by atoms with Gasteiger partial charge in [0.15, 0.2) is 0 Å². The molecule has 1 atom stereocenters. The molecule has 1 aromatic rings. The first-order valence-electron chi connectivity index (χ1n) is 11.1. The van der Waals surface area contributed by atoms with Crippen molar-refractivity contribution in [3.8, 4) is 0 Å². The maximum atomic E-state index is 13.0. The highest BCUT2D eigenvalue weighted by molar-refractivity contribution is 7.53. The Morgan fingerprint density at radius 2 is 1.26 bits per heavy atom. The number of benzene rings is 1. The van der Waals surface area contributed by atoms with Crippen LogP contribution in [-0.4, -0.2) is 19.4 Å². The van der Waals surface area contributed by atoms with Crippen molar-refractivity contribution in [2.45, 2.75) is 90.9 Å². The van der Waals surface area contributed by atoms with E-state index in [4.69, 9.17) is 9.05 Å². The van der Waals surface area contributed by atoms with Crippen molar-refractivity contribution in [1.82, 2.24) is 0 Å². The van der Waals surface area contributed by atoms with E-state index in [0.717, 1.165) is 32.1 Å². The Hall–Kier alpha value is -0.630. The third kappa shape index (κ3) is 13.2. The molecule has 1 unspecified atom stereocenters. The van der Waals surface area contributed by atoms with Gasteiger partial charge in [-0.3, -0.25) is 4.57 Å². The second kappa shape index (κ2) is 16.3. The molecule has 0 aromatic heterocycles. The van der Waals surface area contributed by atoms with Crippen molar-refractivity contribution in [2.24, 2.45) is 0 Å². The zero-order valence-corrected chi connectivity index (χ0v) is 18.6. The predicted octanol–water partition coefficient (Wildman–Crippen LogP) is 7.79. The van der Waals surface area contributed by atoms with Crippen LogP contribution in [0.1, 0.15) is 90.0 Å². The minimum Gasteiger partial charge on any atom is -0.309 e. The summed E-state index contributed by atoms with van der Waals surface area (Å²) in [4.78, 5) is 0. The van der Waals surface area contributed by atoms with E-state index in [1.54, 1.807) is 0 Å². The monoisotopic (exact) mass is 396 g/mol. The summed E-state index contributed by atoms with van der Waals surface area (Å²) in [6, 6.07) is 10.2. The third-order valence-electron chi connectivity index (χ3n) is 4.84. The largest absolute Gasteiger partial charge is 0.330 e. The van der Waals surface area contributed by atoms with Crippen LogP contribution in [0, 0.1) is 0 Å². The molecule has 0 N–H and O–H groups in total. The van der Waals surface area contributed by atoms with Crippen molar-refractivity contribution in [3.63, 3.8) is 0 Å². The zero-order chi connectivity index (χ0) is 19.6. The van der Waals surface area contributed by atoms with Gasteiger partial charge < -0.3 is 9.05 Å². The summed E-state index contributed by atoms with van der Waals surface area (Å²) >= 11 is 0. The molecule has 4 heteroatoms. The Balaban J connectivity index is 2.17. The number of rotatable bonds is 18. The Morgan fingerprint density at radius 3 is 1.89 bits per heavy atom. The fraction of sp³-hybridized carbons (Fsp3) is 0.739. The van der Waals surface area contributed by atoms with Gasteiger partial charge in [-0.05, 0) is 24.8 Å². The van der Waals surface area contributed by atoms with Gasteiger partial charge in [-0.15, -0.1) is 0 Å². The quantitative estimate of drug-likeness (QED) is 0.188. The second-order valence-corrected chi connectivity index (χ2v) is 9.60. The summed E-state index contributed by atoms with van der Waals surface area (Å²) in [7, 11) is -2.95. The van der Waals surface area contributed by atoms with Crippen LogP contribution < -0.4 is 0 Å². The van der Waals surface area contributed by atoms with Crippen molar-refractivity contribution in [1.29, 1.82) is 0 Å². The van der Waals surface area contributed by atoms with Gasteiger partial charge in [-0.1, -0.05) is 102 Å². The molecule has 0 aliphatic carbocycles. The van der Waals surface area contributed by atoms with Gasteiger partial charge in [0.25, 0.3) is 0 Å². The molecule has 0 bridgehead atoms. The average molecular weight is 397 g/mol. The molecular formula is C23H41O3P. The average Bonchev–Trinajstić information content (AvgIpc) is 2.69. The van der Waals surface area contributed by atoms with E-state index in [1.807, 2.05) is 18.2 Å². The summed E-state index contributed by atoms with van der Waals surface area (Å²) in [6.07, 6.45) is 14.7. The first-order chi connectivity index (χ1) is 13.2. The van der Waals surface area contributed by atoms with E-state index in [2.05, 4.69) is 26.0 Å². The Morgan fingerprint density at radius 1 is 0.704 bits per heavy atom. The molecule has 0 saturated carbocycles. The van der Waals surface area contributed by atoms with Crippen LogP contribution in [0.4, 0.5) is 0 Å². The second-order valence-electron chi connectivity index (χ2n) is 7.42. The fourth-order valence-corrected chi connectivity index (χ4v) is 4.89. The molecule has 156 valence electrons. The Kier molecular flexibility index (Phi) is 14.8. The van der Waals surface area contributed by atoms with E-state index in [1.165, 1.54) is 50.5 Å². The molecule has 0 amide bonds. The topological polar surface area (TPSA) is 35.5 Å². The van der Waals surface area contributed by atoms with Crippen LogP contribution in [0.25, 0.3) is 0 Å². The molecule has 0 fully saturated rings. The van der Waals surface area contributed by atoms with Gasteiger partial charge >= 0.3 is 7.60 Å². The lowest BCUT2D eigenvalue weighted by molar-refractivity contribution is 0.202. The molecular weight excluding hydrogens is 355 g/mol. The van der Waals surface area contributed by atoms with Gasteiger partial charge in [-0.2, -0.15) is 0 Å². The molecule has 0 heterocycles. The third-order valence-corrected chi connectivity index (χ3v) is 6.86. The van der Waals surface area contributed by atoms with E-state index < -0.39 is 7.60 Å². The molecule has 27 heavy (non-hydrogen) atoms. The lowest BCUT2D eigenvalue weighted by Crippen LogP contribution is -2.05. The van der Waals surface area contributed by atoms with Gasteiger partial charge in [0, 0.05) is 0 Å². The fourth-order valence-electron chi connectivity index (χ4n) is 3.08. The van der Waals surface area contributed by atoms with E-state index >= 15 is 0 Å². The highest BCUT2D eigenvalue weighted by Crippen LogP contribution is 2.49. The minimum atomic E-state index is -2.95. The molecule has 1 rings (SSSR count). The maximum absolute atomic E-state index is 13.0. The highest BCUT2D eigenvalue weighted by atomic mass is 31.2. The van der Waals surface area contributed by atoms with Gasteiger partial charge in [0.2, 0.25) is 0 Å². The standard InChI is InChI=1S/C23H41O3P/c1-3-5-7-8-9-10-11-12-16-20-25-27(24,22-6-4-2)26-21-19-23-17-14-13-15-18-23/h13-15,17-18H,3-12,16,19-22H2,1-2H3. The molecule has 0 radical (unpaired) electrons. The SMILES string of the molecule is CCCCCCCCCCCOP(=O)(CCCC)OCCc1ccccc1. The number of unbranched alkanes of at least 4 members (excludes halogenated alkanes) is 9. The van der Waals surface area contributed by atoms with Crippen LogP contribution in [0.5, 0.6) is 0 Å². The first-order valence-corrected chi connectivity index (χ1v) is 12.8. The predicted molar refractivity (Wildman–Crippen MR) is 117 cm³/mol. The van der Waals surface area contributed by atoms with Crippen molar-refractivity contribution in [2.75, 3.05) is 19.4 Å². The van der Waals surface area contributed by atoms with E-state index in [9.17, 15) is 4.57 Å². The van der Waals surface area contributed by atoms with E-state index in [-0.39, 0.29) is 0 Å². The smallest absolute Gasteiger partial charge is 0.309 e. The minimum absolute atomic E-state index is 0.461. The highest BCUT2D eigenvalue weighted by Gasteiger charge is 2.23. The first kappa shape index (κ1) is 24.4. The summed E-state index contributed by atoms with van der Waals surface area (Å²) in [5.74, 6) is 0. The Labute approximate surface area is 167 Å². The van der Waals surface area contributed by atoms with Crippen LogP contribution in [0.2, 0.25) is 0 Å². The van der Waals surface area contributed by atoms with Crippen molar-refractivity contribution in [3.05, 3.63) is 35.9 Å². The van der Waals surface area contributed by atoms with Crippen molar-refractivity contribution < 1.29 is 13.6 Å². The van der Waals surface area contributed by atoms with E-state index in [0.29, 0.717) is 19.4 Å². The number of hydrogen-bond acceptors (Lipinski definition) is 3. The molecule has 0 aliphatic heterocycles. The van der Waals surface area contributed by atoms with Crippen LogP contribution in [-0.2, 0) is 20.0 Å². The molecule has 3 nitrogen and oxygen atoms in total.